The van der Waals surface area contributed by atoms with Crippen molar-refractivity contribution in [2.45, 2.75) is 31.2 Å². The molecule has 0 fully saturated rings. The SMILES string of the molecule is CC(=O)N(C)Cc1ccccc1NC(=O)CCc1ccc(S(N)(=O)=O)cc1. The zero-order valence-electron chi connectivity index (χ0n) is 15.3. The number of aryl methyl sites for hydroxylation is 1. The maximum Gasteiger partial charge on any atom is 0.238 e. The average molecular weight is 389 g/mol. The molecular weight excluding hydrogens is 366 g/mol. The van der Waals surface area contributed by atoms with E-state index in [2.05, 4.69) is 5.32 Å². The Balaban J connectivity index is 1.97. The molecular formula is C19H23N3O4S. The molecule has 2 rings (SSSR count). The van der Waals surface area contributed by atoms with E-state index in [0.717, 1.165) is 11.1 Å². The predicted molar refractivity (Wildman–Crippen MR) is 103 cm³/mol. The van der Waals surface area contributed by atoms with Gasteiger partial charge < -0.3 is 10.2 Å². The van der Waals surface area contributed by atoms with Crippen LogP contribution in [0.25, 0.3) is 0 Å². The number of hydrogen-bond donors (Lipinski definition) is 2. The number of carbonyl (C=O) groups excluding carboxylic acids is 2. The number of carbonyl (C=O) groups is 2. The molecule has 8 heteroatoms. The first-order valence-corrected chi connectivity index (χ1v) is 9.92. The van der Waals surface area contributed by atoms with Crippen LogP contribution < -0.4 is 10.5 Å². The Morgan fingerprint density at radius 1 is 1.07 bits per heavy atom. The lowest BCUT2D eigenvalue weighted by atomic mass is 10.1. The molecule has 0 spiro atoms. The molecule has 2 aromatic carbocycles. The average Bonchev–Trinajstić information content (AvgIpc) is 2.61. The normalized spacial score (nSPS) is 11.1. The van der Waals surface area contributed by atoms with E-state index in [1.165, 1.54) is 19.1 Å². The van der Waals surface area contributed by atoms with Gasteiger partial charge in [0.15, 0.2) is 0 Å². The lowest BCUT2D eigenvalue weighted by Gasteiger charge is -2.18. The highest BCUT2D eigenvalue weighted by Gasteiger charge is 2.11. The molecule has 0 aliphatic rings. The van der Waals surface area contributed by atoms with Gasteiger partial charge >= 0.3 is 0 Å². The number of para-hydroxylation sites is 1. The lowest BCUT2D eigenvalue weighted by Crippen LogP contribution is -2.24. The van der Waals surface area contributed by atoms with Crippen LogP contribution in [0, 0.1) is 0 Å². The third kappa shape index (κ3) is 6.19. The van der Waals surface area contributed by atoms with Gasteiger partial charge in [-0.15, -0.1) is 0 Å². The molecule has 2 aromatic rings. The van der Waals surface area contributed by atoms with Gasteiger partial charge in [0.1, 0.15) is 0 Å². The first kappa shape index (κ1) is 20.6. The number of hydrogen-bond acceptors (Lipinski definition) is 4. The Bertz CT molecular complexity index is 924. The highest BCUT2D eigenvalue weighted by Crippen LogP contribution is 2.18. The van der Waals surface area contributed by atoms with Crippen molar-refractivity contribution in [1.82, 2.24) is 4.90 Å². The smallest absolute Gasteiger partial charge is 0.238 e. The summed E-state index contributed by atoms with van der Waals surface area (Å²) < 4.78 is 22.5. The molecule has 0 unspecified atom stereocenters. The van der Waals surface area contributed by atoms with Crippen LogP contribution in [0.3, 0.4) is 0 Å². The summed E-state index contributed by atoms with van der Waals surface area (Å²) in [4.78, 5) is 25.3. The monoisotopic (exact) mass is 389 g/mol. The van der Waals surface area contributed by atoms with Gasteiger partial charge in [-0.25, -0.2) is 13.6 Å². The van der Waals surface area contributed by atoms with E-state index in [-0.39, 0.29) is 23.1 Å². The molecule has 0 aromatic heterocycles. The van der Waals surface area contributed by atoms with Crippen molar-refractivity contribution in [3.05, 3.63) is 59.7 Å². The number of nitrogens with two attached hydrogens (primary N) is 1. The Morgan fingerprint density at radius 2 is 1.70 bits per heavy atom. The summed E-state index contributed by atoms with van der Waals surface area (Å²) in [5.41, 5.74) is 2.35. The molecule has 7 nitrogen and oxygen atoms in total. The van der Waals surface area contributed by atoms with Crippen molar-refractivity contribution in [1.29, 1.82) is 0 Å². The van der Waals surface area contributed by atoms with Crippen molar-refractivity contribution >= 4 is 27.5 Å². The molecule has 0 heterocycles. The quantitative estimate of drug-likeness (QED) is 0.753. The Labute approximate surface area is 159 Å². The standard InChI is InChI=1S/C19H23N3O4S/c1-14(23)22(2)13-16-5-3-4-6-18(16)21-19(24)12-9-15-7-10-17(11-8-15)27(20,25)26/h3-8,10-11H,9,12-13H2,1-2H3,(H,21,24)(H2,20,25,26). The molecule has 144 valence electrons. The molecule has 0 bridgehead atoms. The second-order valence-electron chi connectivity index (χ2n) is 6.27. The number of primary sulfonamides is 1. The number of amides is 2. The van der Waals surface area contributed by atoms with Gasteiger partial charge in [-0.1, -0.05) is 30.3 Å². The summed E-state index contributed by atoms with van der Waals surface area (Å²) in [6, 6.07) is 13.5. The van der Waals surface area contributed by atoms with Gasteiger partial charge in [0.25, 0.3) is 0 Å². The third-order valence-electron chi connectivity index (χ3n) is 4.13. The van der Waals surface area contributed by atoms with E-state index in [1.54, 1.807) is 30.1 Å². The van der Waals surface area contributed by atoms with Crippen LogP contribution in [-0.4, -0.2) is 32.2 Å². The second kappa shape index (κ2) is 8.79. The number of benzene rings is 2. The number of anilines is 1. The van der Waals surface area contributed by atoms with Crippen LogP contribution in [0.1, 0.15) is 24.5 Å². The van der Waals surface area contributed by atoms with Crippen LogP contribution in [0.5, 0.6) is 0 Å². The molecule has 3 N–H and O–H groups in total. The highest BCUT2D eigenvalue weighted by molar-refractivity contribution is 7.89. The maximum absolute atomic E-state index is 12.3. The lowest BCUT2D eigenvalue weighted by molar-refractivity contribution is -0.128. The van der Waals surface area contributed by atoms with Gasteiger partial charge in [-0.2, -0.15) is 0 Å². The fourth-order valence-corrected chi connectivity index (χ4v) is 2.98. The number of rotatable bonds is 7. The molecule has 0 saturated carbocycles. The van der Waals surface area contributed by atoms with E-state index in [1.807, 2.05) is 18.2 Å². The van der Waals surface area contributed by atoms with E-state index < -0.39 is 10.0 Å². The summed E-state index contributed by atoms with van der Waals surface area (Å²) in [5.74, 6) is -0.220. The van der Waals surface area contributed by atoms with Crippen LogP contribution >= 0.6 is 0 Å². The van der Waals surface area contributed by atoms with Gasteiger partial charge in [0.2, 0.25) is 21.8 Å². The van der Waals surface area contributed by atoms with E-state index in [9.17, 15) is 18.0 Å². The largest absolute Gasteiger partial charge is 0.342 e. The minimum absolute atomic E-state index is 0.0409. The third-order valence-corrected chi connectivity index (χ3v) is 5.06. The second-order valence-corrected chi connectivity index (χ2v) is 7.83. The summed E-state index contributed by atoms with van der Waals surface area (Å²) >= 11 is 0. The Morgan fingerprint density at radius 3 is 2.30 bits per heavy atom. The maximum atomic E-state index is 12.3. The van der Waals surface area contributed by atoms with Gasteiger partial charge in [-0.3, -0.25) is 9.59 Å². The molecule has 2 amide bonds. The van der Waals surface area contributed by atoms with Crippen LogP contribution in [0.4, 0.5) is 5.69 Å². The number of sulfonamides is 1. The minimum atomic E-state index is -3.72. The topological polar surface area (TPSA) is 110 Å². The zero-order valence-corrected chi connectivity index (χ0v) is 16.1. The molecule has 0 saturated heterocycles. The summed E-state index contributed by atoms with van der Waals surface area (Å²) in [6.07, 6.45) is 0.706. The fraction of sp³-hybridized carbons (Fsp3) is 0.263. The van der Waals surface area contributed by atoms with Crippen molar-refractivity contribution in [2.24, 2.45) is 5.14 Å². The zero-order chi connectivity index (χ0) is 20.0. The molecule has 27 heavy (non-hydrogen) atoms. The van der Waals surface area contributed by atoms with Crippen molar-refractivity contribution in [3.8, 4) is 0 Å². The van der Waals surface area contributed by atoms with E-state index in [4.69, 9.17) is 5.14 Å². The number of nitrogens with zero attached hydrogens (tertiary/aromatic N) is 1. The van der Waals surface area contributed by atoms with Crippen LogP contribution in [0.2, 0.25) is 0 Å². The molecule has 0 aliphatic carbocycles. The first-order valence-electron chi connectivity index (χ1n) is 8.38. The van der Waals surface area contributed by atoms with Crippen molar-refractivity contribution in [2.75, 3.05) is 12.4 Å². The predicted octanol–water partition coefficient (Wildman–Crippen LogP) is 1.88. The summed E-state index contributed by atoms with van der Waals surface area (Å²) in [6.45, 7) is 1.89. The van der Waals surface area contributed by atoms with Gasteiger partial charge in [0, 0.05) is 32.6 Å². The Kier molecular flexibility index (Phi) is 6.70. The van der Waals surface area contributed by atoms with Crippen molar-refractivity contribution < 1.29 is 18.0 Å². The molecule has 0 radical (unpaired) electrons. The minimum Gasteiger partial charge on any atom is -0.342 e. The van der Waals surface area contributed by atoms with Crippen LogP contribution in [0.15, 0.2) is 53.4 Å². The van der Waals surface area contributed by atoms with E-state index >= 15 is 0 Å². The highest BCUT2D eigenvalue weighted by atomic mass is 32.2. The van der Waals surface area contributed by atoms with Crippen molar-refractivity contribution in [3.63, 3.8) is 0 Å². The number of nitrogens with one attached hydrogen (secondary N) is 1. The Hall–Kier alpha value is -2.71. The van der Waals surface area contributed by atoms with E-state index in [0.29, 0.717) is 18.7 Å². The van der Waals surface area contributed by atoms with Crippen LogP contribution in [-0.2, 0) is 32.6 Å². The molecule has 0 aliphatic heterocycles. The summed E-state index contributed by atoms with van der Waals surface area (Å²) in [5, 5.41) is 7.93. The van der Waals surface area contributed by atoms with Gasteiger partial charge in [-0.05, 0) is 35.7 Å². The first-order chi connectivity index (χ1) is 12.7. The summed E-state index contributed by atoms with van der Waals surface area (Å²) in [7, 11) is -2.02. The van der Waals surface area contributed by atoms with Gasteiger partial charge in [0.05, 0.1) is 4.90 Å². The fourth-order valence-electron chi connectivity index (χ4n) is 2.46. The molecule has 0 atom stereocenters.